The van der Waals surface area contributed by atoms with Gasteiger partial charge in [-0.1, -0.05) is 6.92 Å². The third-order valence-electron chi connectivity index (χ3n) is 2.24. The van der Waals surface area contributed by atoms with Crippen molar-refractivity contribution in [3.63, 3.8) is 0 Å². The number of hydrogen-bond acceptors (Lipinski definition) is 1. The second-order valence-electron chi connectivity index (χ2n) is 3.14. The Hall–Kier alpha value is -0.830. The Morgan fingerprint density at radius 3 is 3.00 bits per heavy atom. The molecule has 0 N–H and O–H groups in total. The molecule has 0 unspecified atom stereocenters. The molecule has 0 bridgehead atoms. The average Bonchev–Trinajstić information content (AvgIpc) is 2.42. The van der Waals surface area contributed by atoms with E-state index in [4.69, 9.17) is 0 Å². The van der Waals surface area contributed by atoms with E-state index in [-0.39, 0.29) is 0 Å². The molecule has 3 heteroatoms. The van der Waals surface area contributed by atoms with Crippen LogP contribution in [0.4, 0.5) is 0 Å². The summed E-state index contributed by atoms with van der Waals surface area (Å²) in [7, 11) is 2.03. The van der Waals surface area contributed by atoms with Gasteiger partial charge in [0.2, 0.25) is 0 Å². The molecule has 13 heavy (non-hydrogen) atoms. The zero-order chi connectivity index (χ0) is 9.42. The summed E-state index contributed by atoms with van der Waals surface area (Å²) in [6.07, 6.45) is 5.03. The molecular weight excluding hydrogens is 228 g/mol. The summed E-state index contributed by atoms with van der Waals surface area (Å²) >= 11 is 3.43. The molecule has 2 rings (SSSR count). The molecule has 0 atom stereocenters. The fraction of sp³-hybridized carbons (Fsp3) is 0.300. The third-order valence-corrected chi connectivity index (χ3v) is 2.68. The number of aromatic nitrogens is 2. The Labute approximate surface area is 85.7 Å². The topological polar surface area (TPSA) is 17.8 Å². The van der Waals surface area contributed by atoms with Gasteiger partial charge in [0.25, 0.3) is 0 Å². The third kappa shape index (κ3) is 1.37. The first-order chi connectivity index (χ1) is 6.22. The van der Waals surface area contributed by atoms with Gasteiger partial charge in [-0.05, 0) is 34.0 Å². The summed E-state index contributed by atoms with van der Waals surface area (Å²) in [5, 5.41) is 1.25. The van der Waals surface area contributed by atoms with Crippen molar-refractivity contribution in [2.24, 2.45) is 7.05 Å². The van der Waals surface area contributed by atoms with Gasteiger partial charge in [-0.15, -0.1) is 0 Å². The van der Waals surface area contributed by atoms with E-state index in [0.717, 1.165) is 16.5 Å². The minimum absolute atomic E-state index is 1.04. The predicted molar refractivity (Wildman–Crippen MR) is 57.8 cm³/mol. The van der Waals surface area contributed by atoms with Crippen LogP contribution < -0.4 is 0 Å². The van der Waals surface area contributed by atoms with E-state index in [1.165, 1.54) is 10.9 Å². The fourth-order valence-corrected chi connectivity index (χ4v) is 1.93. The van der Waals surface area contributed by atoms with E-state index >= 15 is 0 Å². The van der Waals surface area contributed by atoms with E-state index in [2.05, 4.69) is 44.7 Å². The Bertz CT molecular complexity index is 445. The molecule has 2 aromatic rings. The van der Waals surface area contributed by atoms with E-state index in [9.17, 15) is 0 Å². The van der Waals surface area contributed by atoms with Gasteiger partial charge in [0.15, 0.2) is 0 Å². The van der Waals surface area contributed by atoms with Gasteiger partial charge in [0.05, 0.1) is 0 Å². The van der Waals surface area contributed by atoms with Crippen LogP contribution in [-0.2, 0) is 13.5 Å². The lowest BCUT2D eigenvalue weighted by Crippen LogP contribution is -1.86. The Kier molecular flexibility index (Phi) is 2.12. The SMILES string of the molecule is CCc1cn(C)c2ncc(Br)cc12. The van der Waals surface area contributed by atoms with Gasteiger partial charge >= 0.3 is 0 Å². The summed E-state index contributed by atoms with van der Waals surface area (Å²) in [4.78, 5) is 4.36. The molecule has 68 valence electrons. The highest BCUT2D eigenvalue weighted by molar-refractivity contribution is 9.10. The zero-order valence-electron chi connectivity index (χ0n) is 7.71. The summed E-state index contributed by atoms with van der Waals surface area (Å²) in [5.74, 6) is 0. The molecule has 0 saturated carbocycles. The van der Waals surface area contributed by atoms with Crippen LogP contribution in [0.2, 0.25) is 0 Å². The normalized spacial score (nSPS) is 11.0. The van der Waals surface area contributed by atoms with Gasteiger partial charge in [-0.2, -0.15) is 0 Å². The van der Waals surface area contributed by atoms with Crippen LogP contribution in [0.5, 0.6) is 0 Å². The molecule has 2 heterocycles. The van der Waals surface area contributed by atoms with E-state index in [1.807, 2.05) is 13.2 Å². The number of halogens is 1. The maximum absolute atomic E-state index is 4.36. The van der Waals surface area contributed by atoms with Gasteiger partial charge in [0.1, 0.15) is 5.65 Å². The largest absolute Gasteiger partial charge is 0.335 e. The molecule has 0 amide bonds. The average molecular weight is 239 g/mol. The smallest absolute Gasteiger partial charge is 0.139 e. The lowest BCUT2D eigenvalue weighted by atomic mass is 10.2. The fourth-order valence-electron chi connectivity index (χ4n) is 1.60. The molecule has 0 aliphatic rings. The summed E-state index contributed by atoms with van der Waals surface area (Å²) in [6.45, 7) is 2.16. The summed E-state index contributed by atoms with van der Waals surface area (Å²) in [5.41, 5.74) is 2.41. The number of aryl methyl sites for hydroxylation is 2. The molecule has 2 aromatic heterocycles. The number of hydrogen-bond donors (Lipinski definition) is 0. The zero-order valence-corrected chi connectivity index (χ0v) is 9.30. The van der Waals surface area contributed by atoms with Crippen LogP contribution in [-0.4, -0.2) is 9.55 Å². The quantitative estimate of drug-likeness (QED) is 0.748. The molecule has 0 aromatic carbocycles. The second-order valence-corrected chi connectivity index (χ2v) is 4.06. The highest BCUT2D eigenvalue weighted by atomic mass is 79.9. The molecule has 0 spiro atoms. The minimum Gasteiger partial charge on any atom is -0.335 e. The maximum atomic E-state index is 4.36. The van der Waals surface area contributed by atoms with Crippen molar-refractivity contribution in [1.82, 2.24) is 9.55 Å². The predicted octanol–water partition coefficient (Wildman–Crippen LogP) is 2.90. The minimum atomic E-state index is 1.04. The molecule has 0 saturated heterocycles. The van der Waals surface area contributed by atoms with E-state index < -0.39 is 0 Å². The van der Waals surface area contributed by atoms with Gasteiger partial charge in [0, 0.05) is 29.3 Å². The Balaban J connectivity index is 2.81. The summed E-state index contributed by atoms with van der Waals surface area (Å²) in [6, 6.07) is 2.13. The number of nitrogens with zero attached hydrogens (tertiary/aromatic N) is 2. The van der Waals surface area contributed by atoms with Crippen molar-refractivity contribution in [2.45, 2.75) is 13.3 Å². The second kappa shape index (κ2) is 3.14. The van der Waals surface area contributed by atoms with Crippen molar-refractivity contribution < 1.29 is 0 Å². The van der Waals surface area contributed by atoms with Gasteiger partial charge < -0.3 is 4.57 Å². The maximum Gasteiger partial charge on any atom is 0.139 e. The molecule has 2 nitrogen and oxygen atoms in total. The van der Waals surface area contributed by atoms with Crippen LogP contribution >= 0.6 is 15.9 Å². The van der Waals surface area contributed by atoms with Gasteiger partial charge in [-0.3, -0.25) is 0 Å². The highest BCUT2D eigenvalue weighted by Gasteiger charge is 2.05. The van der Waals surface area contributed by atoms with Crippen LogP contribution in [0.3, 0.4) is 0 Å². The van der Waals surface area contributed by atoms with Crippen LogP contribution in [0.1, 0.15) is 12.5 Å². The molecule has 0 aliphatic heterocycles. The highest BCUT2D eigenvalue weighted by Crippen LogP contribution is 2.22. The van der Waals surface area contributed by atoms with Crippen LogP contribution in [0.15, 0.2) is 22.9 Å². The molecular formula is C10H11BrN2. The lowest BCUT2D eigenvalue weighted by Gasteiger charge is -1.95. The van der Waals surface area contributed by atoms with Crippen molar-refractivity contribution in [3.05, 3.63) is 28.5 Å². The van der Waals surface area contributed by atoms with Gasteiger partial charge in [-0.25, -0.2) is 4.98 Å². The molecule has 0 radical (unpaired) electrons. The number of fused-ring (bicyclic) bond motifs is 1. The van der Waals surface area contributed by atoms with Crippen LogP contribution in [0.25, 0.3) is 11.0 Å². The summed E-state index contributed by atoms with van der Waals surface area (Å²) < 4.78 is 3.11. The lowest BCUT2D eigenvalue weighted by molar-refractivity contribution is 0.937. The van der Waals surface area contributed by atoms with Crippen molar-refractivity contribution in [2.75, 3.05) is 0 Å². The first kappa shape index (κ1) is 8.75. The molecule has 0 aliphatic carbocycles. The molecule has 0 fully saturated rings. The number of pyridine rings is 1. The van der Waals surface area contributed by atoms with Crippen molar-refractivity contribution in [3.8, 4) is 0 Å². The first-order valence-electron chi connectivity index (χ1n) is 4.32. The monoisotopic (exact) mass is 238 g/mol. The van der Waals surface area contributed by atoms with E-state index in [0.29, 0.717) is 0 Å². The Morgan fingerprint density at radius 1 is 1.54 bits per heavy atom. The standard InChI is InChI=1S/C10H11BrN2/c1-3-7-6-13(2)10-9(7)4-8(11)5-12-10/h4-6H,3H2,1-2H3. The Morgan fingerprint density at radius 2 is 2.31 bits per heavy atom. The van der Waals surface area contributed by atoms with Crippen LogP contribution in [0, 0.1) is 0 Å². The van der Waals surface area contributed by atoms with E-state index in [1.54, 1.807) is 0 Å². The first-order valence-corrected chi connectivity index (χ1v) is 5.11. The van der Waals surface area contributed by atoms with Crippen molar-refractivity contribution in [1.29, 1.82) is 0 Å². The van der Waals surface area contributed by atoms with Crippen molar-refractivity contribution >= 4 is 27.0 Å². The number of rotatable bonds is 1.